The van der Waals surface area contributed by atoms with Crippen LogP contribution in [-0.2, 0) is 0 Å². The molecule has 0 radical (unpaired) electrons. The lowest BCUT2D eigenvalue weighted by Crippen LogP contribution is -2.13. The molecule has 3 heteroatoms. The second-order valence-corrected chi connectivity index (χ2v) is 4.51. The van der Waals surface area contributed by atoms with Gasteiger partial charge in [0.25, 0.3) is 0 Å². The molecule has 0 amide bonds. The normalized spacial score (nSPS) is 27.6. The van der Waals surface area contributed by atoms with Crippen molar-refractivity contribution in [2.45, 2.75) is 31.1 Å². The van der Waals surface area contributed by atoms with E-state index in [0.29, 0.717) is 5.38 Å². The van der Waals surface area contributed by atoms with Gasteiger partial charge in [-0.25, -0.2) is 0 Å². The largest absolute Gasteiger partial charge is 0.398 e. The molecule has 0 aromatic heterocycles. The summed E-state index contributed by atoms with van der Waals surface area (Å²) in [4.78, 5) is 0. The molecule has 2 nitrogen and oxygen atoms in total. The Balaban J connectivity index is 2.23. The number of hydrogen-bond donors (Lipinski definition) is 2. The molecule has 0 bridgehead atoms. The predicted octanol–water partition coefficient (Wildman–Crippen LogP) is 2.16. The van der Waals surface area contributed by atoms with E-state index in [1.54, 1.807) is 0 Å². The lowest BCUT2D eigenvalue weighted by Gasteiger charge is -2.21. The number of allylic oxidation sites excluding steroid dienone is 3. The van der Waals surface area contributed by atoms with E-state index in [-0.39, 0.29) is 0 Å². The van der Waals surface area contributed by atoms with Crippen LogP contribution in [-0.4, -0.2) is 5.38 Å². The van der Waals surface area contributed by atoms with E-state index in [9.17, 15) is 0 Å². The van der Waals surface area contributed by atoms with Crippen LogP contribution in [0.5, 0.6) is 0 Å². The molecule has 1 saturated carbocycles. The summed E-state index contributed by atoms with van der Waals surface area (Å²) in [5, 5.41) is 0.330. The summed E-state index contributed by atoms with van der Waals surface area (Å²) in [5.41, 5.74) is 15.8. The zero-order valence-electron chi connectivity index (χ0n) is 8.09. The zero-order chi connectivity index (χ0) is 10.1. The fourth-order valence-electron chi connectivity index (χ4n) is 2.10. The molecule has 0 unspecified atom stereocenters. The van der Waals surface area contributed by atoms with Gasteiger partial charge in [-0.15, -0.1) is 11.6 Å². The second-order valence-electron chi connectivity index (χ2n) is 3.90. The molecule has 1 fully saturated rings. The average molecular weight is 211 g/mol. The van der Waals surface area contributed by atoms with Gasteiger partial charge in [-0.3, -0.25) is 0 Å². The van der Waals surface area contributed by atoms with Crippen molar-refractivity contribution in [3.05, 3.63) is 34.7 Å². The van der Waals surface area contributed by atoms with Crippen LogP contribution in [0.1, 0.15) is 25.7 Å². The third kappa shape index (κ3) is 1.67. The molecule has 14 heavy (non-hydrogen) atoms. The highest BCUT2D eigenvalue weighted by Gasteiger charge is 2.20. The van der Waals surface area contributed by atoms with Crippen molar-refractivity contribution in [1.29, 1.82) is 0 Å². The summed E-state index contributed by atoms with van der Waals surface area (Å²) in [6, 6.07) is 0. The van der Waals surface area contributed by atoms with Gasteiger partial charge in [0.2, 0.25) is 0 Å². The van der Waals surface area contributed by atoms with Crippen LogP contribution in [0.4, 0.5) is 0 Å². The smallest absolute Gasteiger partial charge is 0.0408 e. The fourth-order valence-corrected chi connectivity index (χ4v) is 2.32. The van der Waals surface area contributed by atoms with Gasteiger partial charge in [-0.2, -0.15) is 0 Å². The van der Waals surface area contributed by atoms with Gasteiger partial charge in [0.05, 0.1) is 0 Å². The van der Waals surface area contributed by atoms with Gasteiger partial charge in [0.1, 0.15) is 0 Å². The molecule has 2 aliphatic carbocycles. The van der Waals surface area contributed by atoms with Crippen molar-refractivity contribution < 1.29 is 0 Å². The van der Waals surface area contributed by atoms with Crippen LogP contribution in [0.25, 0.3) is 0 Å². The Hall–Kier alpha value is -0.890. The SMILES string of the molecule is NC1=CC=C(N)C1=C1CCC(Cl)CC1. The summed E-state index contributed by atoms with van der Waals surface area (Å²) in [5.74, 6) is 0. The molecule has 0 aromatic rings. The van der Waals surface area contributed by atoms with Crippen molar-refractivity contribution in [3.8, 4) is 0 Å². The van der Waals surface area contributed by atoms with E-state index in [2.05, 4.69) is 0 Å². The van der Waals surface area contributed by atoms with E-state index in [4.69, 9.17) is 23.1 Å². The molecule has 0 atom stereocenters. The van der Waals surface area contributed by atoms with E-state index >= 15 is 0 Å². The van der Waals surface area contributed by atoms with Crippen LogP contribution in [0.15, 0.2) is 34.7 Å². The summed E-state index contributed by atoms with van der Waals surface area (Å²) in [7, 11) is 0. The number of alkyl halides is 1. The summed E-state index contributed by atoms with van der Waals surface area (Å²) >= 11 is 6.05. The first-order valence-electron chi connectivity index (χ1n) is 4.98. The first-order chi connectivity index (χ1) is 6.68. The monoisotopic (exact) mass is 210 g/mol. The maximum atomic E-state index is 6.05. The maximum absolute atomic E-state index is 6.05. The quantitative estimate of drug-likeness (QED) is 0.602. The first kappa shape index (κ1) is 9.66. The molecule has 0 heterocycles. The molecule has 0 saturated heterocycles. The fraction of sp³-hybridized carbons (Fsp3) is 0.455. The molecular formula is C11H15ClN2. The van der Waals surface area contributed by atoms with E-state index < -0.39 is 0 Å². The minimum atomic E-state index is 0.330. The zero-order valence-corrected chi connectivity index (χ0v) is 8.85. The Bertz CT molecular complexity index is 309. The number of rotatable bonds is 0. The van der Waals surface area contributed by atoms with Crippen molar-refractivity contribution in [3.63, 3.8) is 0 Å². The van der Waals surface area contributed by atoms with Crippen molar-refractivity contribution >= 4 is 11.6 Å². The van der Waals surface area contributed by atoms with E-state index in [1.807, 2.05) is 12.2 Å². The third-order valence-corrected chi connectivity index (χ3v) is 3.33. The minimum absolute atomic E-state index is 0.330. The molecular weight excluding hydrogens is 196 g/mol. The number of hydrogen-bond acceptors (Lipinski definition) is 2. The Morgan fingerprint density at radius 1 is 1.07 bits per heavy atom. The number of halogens is 1. The predicted molar refractivity (Wildman–Crippen MR) is 59.7 cm³/mol. The third-order valence-electron chi connectivity index (χ3n) is 2.89. The lowest BCUT2D eigenvalue weighted by molar-refractivity contribution is 0.603. The summed E-state index contributed by atoms with van der Waals surface area (Å²) < 4.78 is 0. The Labute approximate surface area is 89.3 Å². The minimum Gasteiger partial charge on any atom is -0.398 e. The van der Waals surface area contributed by atoms with Gasteiger partial charge in [-0.05, 0) is 37.8 Å². The van der Waals surface area contributed by atoms with E-state index in [1.165, 1.54) is 5.57 Å². The second kappa shape index (κ2) is 3.70. The van der Waals surface area contributed by atoms with Crippen LogP contribution in [0.3, 0.4) is 0 Å². The van der Waals surface area contributed by atoms with Gasteiger partial charge < -0.3 is 11.5 Å². The van der Waals surface area contributed by atoms with Crippen LogP contribution >= 0.6 is 11.6 Å². The average Bonchev–Trinajstić information content (AvgIpc) is 2.49. The molecule has 0 aromatic carbocycles. The Morgan fingerprint density at radius 3 is 2.07 bits per heavy atom. The molecule has 2 aliphatic rings. The van der Waals surface area contributed by atoms with Gasteiger partial charge >= 0.3 is 0 Å². The number of nitrogens with two attached hydrogens (primary N) is 2. The van der Waals surface area contributed by atoms with Crippen molar-refractivity contribution in [2.24, 2.45) is 11.5 Å². The molecule has 0 spiro atoms. The van der Waals surface area contributed by atoms with Crippen molar-refractivity contribution in [2.75, 3.05) is 0 Å². The van der Waals surface area contributed by atoms with Crippen LogP contribution in [0, 0.1) is 0 Å². The lowest BCUT2D eigenvalue weighted by atomic mass is 9.89. The summed E-state index contributed by atoms with van der Waals surface area (Å²) in [6.45, 7) is 0. The topological polar surface area (TPSA) is 52.0 Å². The molecule has 2 rings (SSSR count). The van der Waals surface area contributed by atoms with Crippen LogP contribution in [0.2, 0.25) is 0 Å². The van der Waals surface area contributed by atoms with Gasteiger partial charge in [0, 0.05) is 22.3 Å². The van der Waals surface area contributed by atoms with Crippen LogP contribution < -0.4 is 11.5 Å². The van der Waals surface area contributed by atoms with Crippen molar-refractivity contribution in [1.82, 2.24) is 0 Å². The van der Waals surface area contributed by atoms with Gasteiger partial charge in [-0.1, -0.05) is 5.57 Å². The first-order valence-corrected chi connectivity index (χ1v) is 5.42. The highest BCUT2D eigenvalue weighted by Crippen LogP contribution is 2.33. The highest BCUT2D eigenvalue weighted by molar-refractivity contribution is 6.20. The maximum Gasteiger partial charge on any atom is 0.0408 e. The molecule has 0 aliphatic heterocycles. The van der Waals surface area contributed by atoms with E-state index in [0.717, 1.165) is 42.7 Å². The van der Waals surface area contributed by atoms with Gasteiger partial charge in [0.15, 0.2) is 0 Å². The highest BCUT2D eigenvalue weighted by atomic mass is 35.5. The standard InChI is InChI=1S/C11H15ClN2/c12-8-3-1-7(2-4-8)11-9(13)5-6-10(11)14/h5-6,8H,1-4,13-14H2. The Kier molecular flexibility index (Phi) is 2.55. The summed E-state index contributed by atoms with van der Waals surface area (Å²) in [6.07, 6.45) is 7.91. The molecule has 4 N–H and O–H groups in total. The molecule has 76 valence electrons. The Morgan fingerprint density at radius 2 is 1.57 bits per heavy atom.